The van der Waals surface area contributed by atoms with Gasteiger partial charge in [0.25, 0.3) is 5.91 Å². The maximum absolute atomic E-state index is 12.4. The number of amides is 1. The highest BCUT2D eigenvalue weighted by molar-refractivity contribution is 6.30. The smallest absolute Gasteiger partial charge is 0.276 e. The normalized spacial score (nSPS) is 12.4. The van der Waals surface area contributed by atoms with Gasteiger partial charge >= 0.3 is 0 Å². The minimum absolute atomic E-state index is 0.202. The molecule has 1 aliphatic rings. The first-order chi connectivity index (χ1) is 13.6. The molecule has 0 fully saturated rings. The third kappa shape index (κ3) is 3.99. The Hall–Kier alpha value is -3.32. The maximum atomic E-state index is 12.4. The van der Waals surface area contributed by atoms with Gasteiger partial charge in [-0.15, -0.1) is 10.2 Å². The number of aryl methyl sites for hydroxylation is 1. The predicted molar refractivity (Wildman–Crippen MR) is 107 cm³/mol. The fraction of sp³-hybridized carbons (Fsp3) is 0.150. The number of ether oxygens (including phenoxy) is 2. The number of carbonyl (C=O) groups excluding carboxylic acids is 1. The molecule has 3 aromatic rings. The van der Waals surface area contributed by atoms with E-state index in [0.29, 0.717) is 41.2 Å². The van der Waals surface area contributed by atoms with Crippen LogP contribution in [0.5, 0.6) is 11.5 Å². The lowest BCUT2D eigenvalue weighted by Gasteiger charge is -2.18. The number of nitrogens with one attached hydrogen (secondary N) is 2. The first kappa shape index (κ1) is 18.1. The molecule has 7 nitrogen and oxygen atoms in total. The second kappa shape index (κ2) is 7.74. The summed E-state index contributed by atoms with van der Waals surface area (Å²) in [6, 6.07) is 14.0. The molecule has 142 valence electrons. The van der Waals surface area contributed by atoms with Crippen molar-refractivity contribution >= 4 is 34.7 Å². The zero-order valence-corrected chi connectivity index (χ0v) is 15.8. The van der Waals surface area contributed by atoms with Crippen molar-refractivity contribution < 1.29 is 14.3 Å². The fourth-order valence-corrected chi connectivity index (χ4v) is 2.97. The Balaban J connectivity index is 1.44. The molecule has 0 spiro atoms. The van der Waals surface area contributed by atoms with E-state index in [1.54, 1.807) is 36.4 Å². The van der Waals surface area contributed by atoms with Crippen molar-refractivity contribution in [1.29, 1.82) is 0 Å². The van der Waals surface area contributed by atoms with Crippen molar-refractivity contribution in [3.8, 4) is 11.5 Å². The van der Waals surface area contributed by atoms with Crippen LogP contribution in [0, 0.1) is 6.92 Å². The van der Waals surface area contributed by atoms with Crippen LogP contribution in [0.1, 0.15) is 16.1 Å². The van der Waals surface area contributed by atoms with E-state index in [4.69, 9.17) is 21.1 Å². The minimum atomic E-state index is -0.363. The maximum Gasteiger partial charge on any atom is 0.276 e. The molecule has 0 aliphatic carbocycles. The number of nitrogens with zero attached hydrogens (tertiary/aromatic N) is 2. The van der Waals surface area contributed by atoms with Gasteiger partial charge in [0.2, 0.25) is 0 Å². The van der Waals surface area contributed by atoms with E-state index in [9.17, 15) is 4.79 Å². The Morgan fingerprint density at radius 2 is 1.82 bits per heavy atom. The third-order valence-corrected chi connectivity index (χ3v) is 4.38. The lowest BCUT2D eigenvalue weighted by molar-refractivity contribution is 0.102. The molecule has 8 heteroatoms. The van der Waals surface area contributed by atoms with E-state index in [-0.39, 0.29) is 11.6 Å². The standard InChI is InChI=1S/C20H17ClN4O3/c1-12-10-13(21)2-4-15(12)23-19-7-5-16(24-25-19)20(26)22-14-3-6-17-18(11-14)28-9-8-27-17/h2-7,10-11H,8-9H2,1H3,(H,22,26)(H,23,25). The highest BCUT2D eigenvalue weighted by Crippen LogP contribution is 2.32. The number of hydrogen-bond donors (Lipinski definition) is 2. The third-order valence-electron chi connectivity index (χ3n) is 4.15. The van der Waals surface area contributed by atoms with Crippen LogP contribution >= 0.6 is 11.6 Å². The Morgan fingerprint density at radius 1 is 1.00 bits per heavy atom. The summed E-state index contributed by atoms with van der Waals surface area (Å²) in [5, 5.41) is 14.7. The summed E-state index contributed by atoms with van der Waals surface area (Å²) in [6.45, 7) is 2.94. The molecule has 0 bridgehead atoms. The molecule has 0 saturated carbocycles. The number of hydrogen-bond acceptors (Lipinski definition) is 6. The highest BCUT2D eigenvalue weighted by Gasteiger charge is 2.14. The number of benzene rings is 2. The Morgan fingerprint density at radius 3 is 2.57 bits per heavy atom. The molecule has 0 atom stereocenters. The Labute approximate surface area is 166 Å². The van der Waals surface area contributed by atoms with Crippen LogP contribution in [0.15, 0.2) is 48.5 Å². The van der Waals surface area contributed by atoms with E-state index < -0.39 is 0 Å². The summed E-state index contributed by atoms with van der Waals surface area (Å²) >= 11 is 5.97. The predicted octanol–water partition coefficient (Wildman–Crippen LogP) is 4.21. The molecule has 1 aromatic heterocycles. The van der Waals surface area contributed by atoms with Crippen LogP contribution in [0.3, 0.4) is 0 Å². The van der Waals surface area contributed by atoms with Gasteiger partial charge in [0.05, 0.1) is 0 Å². The fourth-order valence-electron chi connectivity index (χ4n) is 2.74. The number of fused-ring (bicyclic) bond motifs is 1. The molecule has 1 aliphatic heterocycles. The SMILES string of the molecule is Cc1cc(Cl)ccc1Nc1ccc(C(=O)Nc2ccc3c(c2)OCCO3)nn1. The average Bonchev–Trinajstić information content (AvgIpc) is 2.70. The number of anilines is 3. The van der Waals surface area contributed by atoms with Gasteiger partial charge in [-0.1, -0.05) is 11.6 Å². The van der Waals surface area contributed by atoms with E-state index in [1.165, 1.54) is 0 Å². The lowest BCUT2D eigenvalue weighted by atomic mass is 10.2. The summed E-state index contributed by atoms with van der Waals surface area (Å²) in [4.78, 5) is 12.4. The van der Waals surface area contributed by atoms with Crippen LogP contribution in [-0.4, -0.2) is 29.3 Å². The van der Waals surface area contributed by atoms with Crippen LogP contribution in [0.4, 0.5) is 17.2 Å². The van der Waals surface area contributed by atoms with E-state index in [1.807, 2.05) is 19.1 Å². The van der Waals surface area contributed by atoms with Gasteiger partial charge < -0.3 is 20.1 Å². The number of rotatable bonds is 4. The van der Waals surface area contributed by atoms with Gasteiger partial charge in [0.1, 0.15) is 13.2 Å². The van der Waals surface area contributed by atoms with Crippen LogP contribution in [-0.2, 0) is 0 Å². The zero-order valence-electron chi connectivity index (χ0n) is 15.0. The minimum Gasteiger partial charge on any atom is -0.486 e. The van der Waals surface area contributed by atoms with Crippen LogP contribution in [0.25, 0.3) is 0 Å². The van der Waals surface area contributed by atoms with Gasteiger partial charge in [-0.2, -0.15) is 0 Å². The van der Waals surface area contributed by atoms with Crippen molar-refractivity contribution in [3.63, 3.8) is 0 Å². The molecule has 0 saturated heterocycles. The Kier molecular flexibility index (Phi) is 4.99. The van der Waals surface area contributed by atoms with Crippen molar-refractivity contribution in [2.45, 2.75) is 6.92 Å². The van der Waals surface area contributed by atoms with E-state index in [0.717, 1.165) is 11.3 Å². The van der Waals surface area contributed by atoms with Gasteiger partial charge in [-0.25, -0.2) is 0 Å². The van der Waals surface area contributed by atoms with Crippen molar-refractivity contribution in [2.75, 3.05) is 23.8 Å². The largest absolute Gasteiger partial charge is 0.486 e. The summed E-state index contributed by atoms with van der Waals surface area (Å²) in [5.74, 6) is 1.43. The van der Waals surface area contributed by atoms with Gasteiger partial charge in [-0.05, 0) is 55.0 Å². The molecule has 0 radical (unpaired) electrons. The first-order valence-electron chi connectivity index (χ1n) is 8.66. The van der Waals surface area contributed by atoms with Gasteiger partial charge in [0.15, 0.2) is 23.0 Å². The monoisotopic (exact) mass is 396 g/mol. The Bertz CT molecular complexity index is 1020. The lowest BCUT2D eigenvalue weighted by Crippen LogP contribution is -2.17. The topological polar surface area (TPSA) is 85.4 Å². The number of aromatic nitrogens is 2. The van der Waals surface area contributed by atoms with Crippen LogP contribution < -0.4 is 20.1 Å². The molecule has 0 unspecified atom stereocenters. The van der Waals surface area contributed by atoms with Crippen molar-refractivity contribution in [3.05, 3.63) is 64.8 Å². The zero-order chi connectivity index (χ0) is 19.5. The molecular weight excluding hydrogens is 380 g/mol. The summed E-state index contributed by atoms with van der Waals surface area (Å²) < 4.78 is 11.0. The summed E-state index contributed by atoms with van der Waals surface area (Å²) in [6.07, 6.45) is 0. The summed E-state index contributed by atoms with van der Waals surface area (Å²) in [7, 11) is 0. The summed E-state index contributed by atoms with van der Waals surface area (Å²) in [5.41, 5.74) is 2.64. The molecule has 2 aromatic carbocycles. The number of halogens is 1. The average molecular weight is 397 g/mol. The van der Waals surface area contributed by atoms with Crippen LogP contribution in [0.2, 0.25) is 5.02 Å². The molecule has 28 heavy (non-hydrogen) atoms. The van der Waals surface area contributed by atoms with Crippen molar-refractivity contribution in [2.24, 2.45) is 0 Å². The number of carbonyl (C=O) groups is 1. The van der Waals surface area contributed by atoms with E-state index >= 15 is 0 Å². The molecule has 2 heterocycles. The first-order valence-corrected chi connectivity index (χ1v) is 9.04. The molecule has 2 N–H and O–H groups in total. The van der Waals surface area contributed by atoms with Gasteiger partial charge in [0, 0.05) is 22.5 Å². The molecular formula is C20H17ClN4O3. The molecule has 4 rings (SSSR count). The molecule has 1 amide bonds. The van der Waals surface area contributed by atoms with E-state index in [2.05, 4.69) is 20.8 Å². The highest BCUT2D eigenvalue weighted by atomic mass is 35.5. The second-order valence-electron chi connectivity index (χ2n) is 6.20. The quantitative estimate of drug-likeness (QED) is 0.687. The van der Waals surface area contributed by atoms with Crippen molar-refractivity contribution in [1.82, 2.24) is 10.2 Å². The van der Waals surface area contributed by atoms with Gasteiger partial charge in [-0.3, -0.25) is 4.79 Å². The second-order valence-corrected chi connectivity index (χ2v) is 6.64.